The van der Waals surface area contributed by atoms with Crippen LogP contribution in [0.15, 0.2) is 12.2 Å². The lowest BCUT2D eigenvalue weighted by Gasteiger charge is -2.45. The highest BCUT2D eigenvalue weighted by atomic mass is 16.8. The standard InChI is InChI=1S/C15H20O4/c1-14(2)17-12-10-7-3-5-9-6-4-8-11(16)15(9,10)19-13(12)18-14/h3,5,9-10,12-13H,4,6-8H2,1-2H3/t9-,10+,12+,13-,15-/m0/s1. The minimum absolute atomic E-state index is 0.107. The number of allylic oxidation sites excluding steroid dienone is 1. The smallest absolute Gasteiger partial charge is 0.188 e. The van der Waals surface area contributed by atoms with Gasteiger partial charge in [0.05, 0.1) is 0 Å². The Labute approximate surface area is 113 Å². The lowest BCUT2D eigenvalue weighted by atomic mass is 9.64. The number of ketones is 1. The summed E-state index contributed by atoms with van der Waals surface area (Å²) in [4.78, 5) is 12.6. The first-order chi connectivity index (χ1) is 9.03. The predicted molar refractivity (Wildman–Crippen MR) is 67.2 cm³/mol. The number of ether oxygens (including phenoxy) is 3. The number of carbonyl (C=O) groups is 1. The second-order valence-electron chi connectivity index (χ2n) is 6.57. The quantitative estimate of drug-likeness (QED) is 0.629. The van der Waals surface area contributed by atoms with E-state index in [2.05, 4.69) is 12.2 Å². The van der Waals surface area contributed by atoms with Crippen LogP contribution in [0.3, 0.4) is 0 Å². The lowest BCUT2D eigenvalue weighted by molar-refractivity contribution is -0.240. The molecule has 0 bridgehead atoms. The third-order valence-corrected chi connectivity index (χ3v) is 5.01. The number of carbonyl (C=O) groups excluding carboxylic acids is 1. The second-order valence-corrected chi connectivity index (χ2v) is 6.57. The number of hydrogen-bond donors (Lipinski definition) is 0. The molecule has 0 aromatic carbocycles. The molecule has 4 nitrogen and oxygen atoms in total. The molecule has 0 amide bonds. The Morgan fingerprint density at radius 2 is 2.11 bits per heavy atom. The topological polar surface area (TPSA) is 44.8 Å². The van der Waals surface area contributed by atoms with Crippen LogP contribution in [0.1, 0.15) is 39.5 Å². The summed E-state index contributed by atoms with van der Waals surface area (Å²) in [5.41, 5.74) is -0.668. The fourth-order valence-corrected chi connectivity index (χ4v) is 4.32. The van der Waals surface area contributed by atoms with E-state index in [0.717, 1.165) is 19.3 Å². The highest BCUT2D eigenvalue weighted by molar-refractivity contribution is 5.90. The van der Waals surface area contributed by atoms with Crippen LogP contribution >= 0.6 is 0 Å². The van der Waals surface area contributed by atoms with E-state index in [1.807, 2.05) is 13.8 Å². The number of Topliss-reactive ketones (excluding diaryl/α,β-unsaturated/α-hetero) is 1. The lowest BCUT2D eigenvalue weighted by Crippen LogP contribution is -2.55. The van der Waals surface area contributed by atoms with Crippen molar-refractivity contribution in [1.29, 1.82) is 0 Å². The molecular formula is C15H20O4. The van der Waals surface area contributed by atoms with Crippen LogP contribution in [-0.4, -0.2) is 29.6 Å². The minimum atomic E-state index is -0.668. The Kier molecular flexibility index (Phi) is 2.34. The molecule has 4 heteroatoms. The summed E-state index contributed by atoms with van der Waals surface area (Å²) >= 11 is 0. The van der Waals surface area contributed by atoms with Gasteiger partial charge in [-0.05, 0) is 33.1 Å². The Balaban J connectivity index is 1.74. The van der Waals surface area contributed by atoms with Crippen LogP contribution in [0, 0.1) is 11.8 Å². The summed E-state index contributed by atoms with van der Waals surface area (Å²) in [6, 6.07) is 0. The van der Waals surface area contributed by atoms with Crippen molar-refractivity contribution in [3.05, 3.63) is 12.2 Å². The van der Waals surface area contributed by atoms with E-state index in [1.54, 1.807) is 0 Å². The van der Waals surface area contributed by atoms with E-state index >= 15 is 0 Å². The third-order valence-electron chi connectivity index (χ3n) is 5.01. The van der Waals surface area contributed by atoms with Gasteiger partial charge in [-0.2, -0.15) is 0 Å². The molecule has 5 atom stereocenters. The molecule has 19 heavy (non-hydrogen) atoms. The van der Waals surface area contributed by atoms with Gasteiger partial charge in [-0.3, -0.25) is 4.79 Å². The van der Waals surface area contributed by atoms with Crippen molar-refractivity contribution in [3.63, 3.8) is 0 Å². The first kappa shape index (κ1) is 12.1. The molecule has 2 aliphatic heterocycles. The molecule has 4 rings (SSSR count). The zero-order chi connectivity index (χ0) is 13.3. The molecule has 2 aliphatic carbocycles. The van der Waals surface area contributed by atoms with Gasteiger partial charge in [0.1, 0.15) is 11.7 Å². The van der Waals surface area contributed by atoms with E-state index in [9.17, 15) is 4.79 Å². The van der Waals surface area contributed by atoms with Gasteiger partial charge in [-0.15, -0.1) is 0 Å². The maximum Gasteiger partial charge on any atom is 0.188 e. The molecule has 0 radical (unpaired) electrons. The molecule has 0 unspecified atom stereocenters. The maximum absolute atomic E-state index is 12.6. The monoisotopic (exact) mass is 264 g/mol. The van der Waals surface area contributed by atoms with Crippen molar-refractivity contribution in [3.8, 4) is 0 Å². The molecule has 3 fully saturated rings. The van der Waals surface area contributed by atoms with E-state index in [4.69, 9.17) is 14.2 Å². The Hall–Kier alpha value is -0.710. The number of fused-ring (bicyclic) bond motifs is 2. The van der Waals surface area contributed by atoms with Gasteiger partial charge in [0.25, 0.3) is 0 Å². The van der Waals surface area contributed by atoms with Gasteiger partial charge in [0.15, 0.2) is 17.9 Å². The zero-order valence-electron chi connectivity index (χ0n) is 11.4. The normalized spacial score (nSPS) is 50.7. The van der Waals surface area contributed by atoms with Crippen LogP contribution in [-0.2, 0) is 19.0 Å². The van der Waals surface area contributed by atoms with Crippen LogP contribution in [0.25, 0.3) is 0 Å². The second kappa shape index (κ2) is 3.68. The summed E-state index contributed by atoms with van der Waals surface area (Å²) < 4.78 is 18.0. The molecule has 1 spiro atoms. The van der Waals surface area contributed by atoms with E-state index in [0.29, 0.717) is 6.42 Å². The number of hydrogen-bond acceptors (Lipinski definition) is 4. The van der Waals surface area contributed by atoms with Crippen LogP contribution in [0.5, 0.6) is 0 Å². The van der Waals surface area contributed by atoms with Crippen molar-refractivity contribution in [1.82, 2.24) is 0 Å². The molecule has 0 aromatic heterocycles. The van der Waals surface area contributed by atoms with Gasteiger partial charge >= 0.3 is 0 Å². The number of rotatable bonds is 0. The fraction of sp³-hybridized carbons (Fsp3) is 0.800. The van der Waals surface area contributed by atoms with Crippen molar-refractivity contribution in [2.45, 2.75) is 63.3 Å². The summed E-state index contributed by atoms with van der Waals surface area (Å²) in [6.45, 7) is 3.81. The molecular weight excluding hydrogens is 244 g/mol. The highest BCUT2D eigenvalue weighted by Gasteiger charge is 2.67. The summed E-state index contributed by atoms with van der Waals surface area (Å²) in [6.07, 6.45) is 7.34. The van der Waals surface area contributed by atoms with E-state index < -0.39 is 11.4 Å². The fourth-order valence-electron chi connectivity index (χ4n) is 4.32. The van der Waals surface area contributed by atoms with E-state index in [1.165, 1.54) is 0 Å². The largest absolute Gasteiger partial charge is 0.341 e. The summed E-state index contributed by atoms with van der Waals surface area (Å²) in [5, 5.41) is 0. The molecule has 0 aromatic rings. The van der Waals surface area contributed by atoms with Crippen molar-refractivity contribution < 1.29 is 19.0 Å². The Morgan fingerprint density at radius 1 is 1.26 bits per heavy atom. The van der Waals surface area contributed by atoms with Crippen LogP contribution in [0.4, 0.5) is 0 Å². The van der Waals surface area contributed by atoms with Crippen molar-refractivity contribution >= 4 is 5.78 Å². The zero-order valence-corrected chi connectivity index (χ0v) is 11.4. The van der Waals surface area contributed by atoms with E-state index in [-0.39, 0.29) is 30.0 Å². The average Bonchev–Trinajstić information content (AvgIpc) is 2.79. The Morgan fingerprint density at radius 3 is 2.95 bits per heavy atom. The Bertz CT molecular complexity index is 455. The first-order valence-electron chi connectivity index (χ1n) is 7.26. The molecule has 104 valence electrons. The SMILES string of the molecule is CC1(C)O[C@H]2O[C@@]34C(=O)CCC[C@@H]3C=CC[C@@H]4[C@H]2O1. The molecule has 4 aliphatic rings. The molecule has 0 N–H and O–H groups in total. The van der Waals surface area contributed by atoms with Crippen molar-refractivity contribution in [2.24, 2.45) is 11.8 Å². The first-order valence-corrected chi connectivity index (χ1v) is 7.26. The van der Waals surface area contributed by atoms with Gasteiger partial charge in [-0.25, -0.2) is 0 Å². The molecule has 2 saturated heterocycles. The van der Waals surface area contributed by atoms with Crippen molar-refractivity contribution in [2.75, 3.05) is 0 Å². The average molecular weight is 264 g/mol. The van der Waals surface area contributed by atoms with Gasteiger partial charge in [0, 0.05) is 18.3 Å². The predicted octanol–water partition coefficient (Wildman–Crippen LogP) is 2.18. The molecule has 1 saturated carbocycles. The van der Waals surface area contributed by atoms with Crippen LogP contribution < -0.4 is 0 Å². The maximum atomic E-state index is 12.6. The minimum Gasteiger partial charge on any atom is -0.341 e. The molecule has 2 heterocycles. The van der Waals surface area contributed by atoms with Gasteiger partial charge in [-0.1, -0.05) is 12.2 Å². The summed E-state index contributed by atoms with van der Waals surface area (Å²) in [7, 11) is 0. The van der Waals surface area contributed by atoms with Crippen LogP contribution in [0.2, 0.25) is 0 Å². The van der Waals surface area contributed by atoms with Gasteiger partial charge in [0.2, 0.25) is 0 Å². The highest BCUT2D eigenvalue weighted by Crippen LogP contribution is 2.55. The third kappa shape index (κ3) is 1.48. The van der Waals surface area contributed by atoms with Gasteiger partial charge < -0.3 is 14.2 Å². The summed E-state index contributed by atoms with van der Waals surface area (Å²) in [5.74, 6) is -0.0429.